The van der Waals surface area contributed by atoms with E-state index in [1.165, 1.54) is 6.07 Å². The molecule has 3 aromatic carbocycles. The Morgan fingerprint density at radius 2 is 1.62 bits per heavy atom. The molecule has 1 saturated heterocycles. The Morgan fingerprint density at radius 3 is 2.28 bits per heavy atom. The number of nitrogens with one attached hydrogen (secondary N) is 1. The van der Waals surface area contributed by atoms with E-state index in [4.69, 9.17) is 23.2 Å². The molecule has 0 bridgehead atoms. The lowest BCUT2D eigenvalue weighted by molar-refractivity contribution is -0.131. The van der Waals surface area contributed by atoms with Crippen LogP contribution in [0.25, 0.3) is 0 Å². The van der Waals surface area contributed by atoms with Gasteiger partial charge in [0.05, 0.1) is 22.7 Å². The molecule has 1 heterocycles. The molecule has 0 radical (unpaired) electrons. The second-order valence-electron chi connectivity index (χ2n) is 7.95. The van der Waals surface area contributed by atoms with Crippen molar-refractivity contribution < 1.29 is 14.7 Å². The highest BCUT2D eigenvalue weighted by Gasteiger charge is 2.54. The minimum Gasteiger partial charge on any atom is -0.387 e. The number of hydrogen-bond donors (Lipinski definition) is 2. The van der Waals surface area contributed by atoms with E-state index in [1.54, 1.807) is 12.1 Å². The molecule has 164 valence electrons. The normalized spacial score (nSPS) is 19.2. The summed E-state index contributed by atoms with van der Waals surface area (Å²) in [6.07, 6.45) is -1.12. The Morgan fingerprint density at radius 1 is 0.906 bits per heavy atom. The first-order chi connectivity index (χ1) is 15.2. The zero-order valence-corrected chi connectivity index (χ0v) is 19.1. The molecule has 1 unspecified atom stereocenters. The fraction of sp³-hybridized carbons (Fsp3) is 0.200. The Labute approximate surface area is 196 Å². The van der Waals surface area contributed by atoms with Crippen molar-refractivity contribution in [3.63, 3.8) is 0 Å². The van der Waals surface area contributed by atoms with Gasteiger partial charge in [-0.15, -0.1) is 0 Å². The first-order valence-electron chi connectivity index (χ1n) is 10.1. The summed E-state index contributed by atoms with van der Waals surface area (Å²) in [4.78, 5) is 27.9. The number of imide groups is 1. The number of halogens is 2. The van der Waals surface area contributed by atoms with Crippen molar-refractivity contribution in [3.8, 4) is 0 Å². The number of amides is 3. The number of aliphatic hydroxyl groups excluding tert-OH is 1. The van der Waals surface area contributed by atoms with Gasteiger partial charge in [-0.25, -0.2) is 4.79 Å². The van der Waals surface area contributed by atoms with Crippen molar-refractivity contribution in [1.29, 1.82) is 0 Å². The van der Waals surface area contributed by atoms with E-state index in [0.717, 1.165) is 16.0 Å². The fourth-order valence-electron chi connectivity index (χ4n) is 3.96. The lowest BCUT2D eigenvalue weighted by Crippen LogP contribution is -2.45. The molecular formula is C25H22Cl2N2O3. The maximum atomic E-state index is 13.8. The summed E-state index contributed by atoms with van der Waals surface area (Å²) < 4.78 is 0. The number of nitrogens with zero attached hydrogens (tertiary/aromatic N) is 1. The zero-order valence-electron chi connectivity index (χ0n) is 17.6. The van der Waals surface area contributed by atoms with E-state index in [1.807, 2.05) is 62.4 Å². The Kier molecular flexibility index (Phi) is 5.99. The van der Waals surface area contributed by atoms with E-state index in [2.05, 4.69) is 5.32 Å². The highest BCUT2D eigenvalue weighted by Crippen LogP contribution is 2.37. The molecule has 32 heavy (non-hydrogen) atoms. The SMILES string of the molecule is Cc1ccc(C2(c3ccccc3)NC(=O)N(C[C@H](O)c3ccc(Cl)c(Cl)c3)C2=O)cc1C. The minimum absolute atomic E-state index is 0.220. The van der Waals surface area contributed by atoms with Crippen LogP contribution >= 0.6 is 23.2 Å². The molecule has 0 aromatic heterocycles. The number of rotatable bonds is 5. The topological polar surface area (TPSA) is 69.6 Å². The van der Waals surface area contributed by atoms with Gasteiger partial charge in [0, 0.05) is 0 Å². The molecule has 2 atom stereocenters. The highest BCUT2D eigenvalue weighted by molar-refractivity contribution is 6.42. The monoisotopic (exact) mass is 468 g/mol. The van der Waals surface area contributed by atoms with Crippen molar-refractivity contribution in [3.05, 3.63) is 105 Å². The lowest BCUT2D eigenvalue weighted by Gasteiger charge is -2.29. The number of carbonyl (C=O) groups is 2. The lowest BCUT2D eigenvalue weighted by atomic mass is 9.81. The van der Waals surface area contributed by atoms with Gasteiger partial charge in [-0.2, -0.15) is 0 Å². The van der Waals surface area contributed by atoms with E-state index in [0.29, 0.717) is 21.7 Å². The quantitative estimate of drug-likeness (QED) is 0.509. The maximum absolute atomic E-state index is 13.8. The van der Waals surface area contributed by atoms with E-state index < -0.39 is 23.6 Å². The summed E-state index contributed by atoms with van der Waals surface area (Å²) in [7, 11) is 0. The predicted molar refractivity (Wildman–Crippen MR) is 125 cm³/mol. The number of β-amino-alcohol motifs (C(OH)–C–C–N with tert-alkyl or cyclic N) is 1. The van der Waals surface area contributed by atoms with Crippen LogP contribution in [0.15, 0.2) is 66.7 Å². The van der Waals surface area contributed by atoms with Gasteiger partial charge in [-0.3, -0.25) is 9.69 Å². The third-order valence-corrected chi connectivity index (χ3v) is 6.68. The van der Waals surface area contributed by atoms with Crippen LogP contribution in [0.2, 0.25) is 10.0 Å². The number of urea groups is 1. The number of benzene rings is 3. The maximum Gasteiger partial charge on any atom is 0.325 e. The molecule has 3 amide bonds. The molecule has 0 saturated carbocycles. The summed E-state index contributed by atoms with van der Waals surface area (Å²) in [5.74, 6) is -0.448. The van der Waals surface area contributed by atoms with Crippen molar-refractivity contribution in [1.82, 2.24) is 10.2 Å². The van der Waals surface area contributed by atoms with Gasteiger partial charge in [0.1, 0.15) is 0 Å². The van der Waals surface area contributed by atoms with Crippen LogP contribution in [-0.4, -0.2) is 28.5 Å². The Hall–Kier alpha value is -2.86. The summed E-state index contributed by atoms with van der Waals surface area (Å²) in [6.45, 7) is 3.73. The van der Waals surface area contributed by atoms with Crippen LogP contribution in [0.4, 0.5) is 4.79 Å². The predicted octanol–water partition coefficient (Wildman–Crippen LogP) is 5.14. The van der Waals surface area contributed by atoms with Gasteiger partial charge in [-0.1, -0.05) is 77.8 Å². The van der Waals surface area contributed by atoms with Gasteiger partial charge in [0.25, 0.3) is 5.91 Å². The number of carbonyl (C=O) groups excluding carboxylic acids is 2. The number of aliphatic hydroxyl groups is 1. The van der Waals surface area contributed by atoms with E-state index in [9.17, 15) is 14.7 Å². The minimum atomic E-state index is -1.38. The molecule has 2 N–H and O–H groups in total. The van der Waals surface area contributed by atoms with Gasteiger partial charge >= 0.3 is 6.03 Å². The molecule has 4 rings (SSSR count). The molecule has 1 fully saturated rings. The zero-order chi connectivity index (χ0) is 23.0. The van der Waals surface area contributed by atoms with Crippen LogP contribution in [0.3, 0.4) is 0 Å². The van der Waals surface area contributed by atoms with E-state index >= 15 is 0 Å². The molecule has 5 nitrogen and oxygen atoms in total. The van der Waals surface area contributed by atoms with Gasteiger partial charge < -0.3 is 10.4 Å². The van der Waals surface area contributed by atoms with Crippen LogP contribution < -0.4 is 5.32 Å². The molecule has 0 aliphatic carbocycles. The van der Waals surface area contributed by atoms with Gasteiger partial charge in [-0.05, 0) is 53.8 Å². The van der Waals surface area contributed by atoms with Crippen molar-refractivity contribution in [2.75, 3.05) is 6.54 Å². The van der Waals surface area contributed by atoms with Crippen LogP contribution in [0, 0.1) is 13.8 Å². The smallest absolute Gasteiger partial charge is 0.325 e. The molecule has 0 spiro atoms. The molecule has 1 aliphatic rings. The number of aryl methyl sites for hydroxylation is 2. The number of hydrogen-bond acceptors (Lipinski definition) is 3. The van der Waals surface area contributed by atoms with Crippen LogP contribution in [-0.2, 0) is 10.3 Å². The first-order valence-corrected chi connectivity index (χ1v) is 10.9. The molecule has 3 aromatic rings. The largest absolute Gasteiger partial charge is 0.387 e. The summed E-state index contributed by atoms with van der Waals surface area (Å²) >= 11 is 12.0. The molecule has 7 heteroatoms. The third kappa shape index (κ3) is 3.77. The van der Waals surface area contributed by atoms with Crippen LogP contribution in [0.1, 0.15) is 33.9 Å². The summed E-state index contributed by atoms with van der Waals surface area (Å²) in [5, 5.41) is 14.3. The average Bonchev–Trinajstić information content (AvgIpc) is 3.03. The molecule has 1 aliphatic heterocycles. The van der Waals surface area contributed by atoms with Crippen molar-refractivity contribution in [2.24, 2.45) is 0 Å². The second kappa shape index (κ2) is 8.58. The van der Waals surface area contributed by atoms with E-state index in [-0.39, 0.29) is 11.6 Å². The van der Waals surface area contributed by atoms with Crippen molar-refractivity contribution in [2.45, 2.75) is 25.5 Å². The van der Waals surface area contributed by atoms with Crippen molar-refractivity contribution >= 4 is 35.1 Å². The first kappa shape index (κ1) is 22.3. The van der Waals surface area contributed by atoms with Gasteiger partial charge in [0.15, 0.2) is 5.54 Å². The fourth-order valence-corrected chi connectivity index (χ4v) is 4.27. The average molecular weight is 469 g/mol. The third-order valence-electron chi connectivity index (χ3n) is 5.94. The summed E-state index contributed by atoms with van der Waals surface area (Å²) in [6, 6.07) is 19.0. The molecular weight excluding hydrogens is 447 g/mol. The summed E-state index contributed by atoms with van der Waals surface area (Å²) in [5.41, 5.74) is 2.48. The van der Waals surface area contributed by atoms with Gasteiger partial charge in [0.2, 0.25) is 0 Å². The second-order valence-corrected chi connectivity index (χ2v) is 8.76. The Balaban J connectivity index is 1.75. The highest BCUT2D eigenvalue weighted by atomic mass is 35.5. The Bertz CT molecular complexity index is 1200. The standard InChI is InChI=1S/C25H22Cl2N2O3/c1-15-8-10-19(12-16(15)2)25(18-6-4-3-5-7-18)23(31)29(24(32)28-25)14-22(30)17-9-11-20(26)21(27)13-17/h3-13,22,30H,14H2,1-2H3,(H,28,32)/t22-,25?/m0/s1. The van der Waals surface area contributed by atoms with Crippen LogP contribution in [0.5, 0.6) is 0 Å².